The summed E-state index contributed by atoms with van der Waals surface area (Å²) in [6.07, 6.45) is 3.38. The number of nitrogens with zero attached hydrogens (tertiary/aromatic N) is 2. The minimum atomic E-state index is -0.987. The van der Waals surface area contributed by atoms with Crippen LogP contribution in [0.4, 0.5) is 5.69 Å². The third-order valence-corrected chi connectivity index (χ3v) is 5.02. The molecule has 0 aliphatic carbocycles. The van der Waals surface area contributed by atoms with Crippen molar-refractivity contribution in [1.29, 1.82) is 0 Å². The Bertz CT molecular complexity index is 1240. The van der Waals surface area contributed by atoms with Crippen LogP contribution in [-0.4, -0.2) is 21.0 Å². The normalized spacial score (nSPS) is 11.5. The van der Waals surface area contributed by atoms with E-state index in [9.17, 15) is 9.90 Å². The van der Waals surface area contributed by atoms with Crippen molar-refractivity contribution in [3.8, 4) is 11.1 Å². The molecule has 30 heavy (non-hydrogen) atoms. The first-order chi connectivity index (χ1) is 14.3. The minimum Gasteiger partial charge on any atom is -0.386 e. The van der Waals surface area contributed by atoms with Gasteiger partial charge in [0, 0.05) is 40.2 Å². The number of aryl methyl sites for hydroxylation is 1. The molecule has 0 saturated carbocycles. The predicted molar refractivity (Wildman–Crippen MR) is 119 cm³/mol. The molecule has 0 saturated heterocycles. The lowest BCUT2D eigenvalue weighted by Crippen LogP contribution is -2.15. The number of anilines is 1. The van der Waals surface area contributed by atoms with E-state index in [2.05, 4.69) is 15.3 Å². The second kappa shape index (κ2) is 7.69. The number of fused-ring (bicyclic) bond motifs is 1. The van der Waals surface area contributed by atoms with Crippen LogP contribution >= 0.6 is 0 Å². The first kappa shape index (κ1) is 19.7. The molecule has 4 rings (SSSR count). The van der Waals surface area contributed by atoms with Crippen LogP contribution in [-0.2, 0) is 5.60 Å². The summed E-state index contributed by atoms with van der Waals surface area (Å²) in [6.45, 7) is 5.38. The summed E-state index contributed by atoms with van der Waals surface area (Å²) in [5, 5.41) is 14.2. The lowest BCUT2D eigenvalue weighted by molar-refractivity contribution is 0.0782. The fourth-order valence-corrected chi connectivity index (χ4v) is 3.33. The average Bonchev–Trinajstić information content (AvgIpc) is 2.73. The maximum Gasteiger partial charge on any atom is 0.255 e. The van der Waals surface area contributed by atoms with Crippen molar-refractivity contribution >= 4 is 22.5 Å². The van der Waals surface area contributed by atoms with Gasteiger partial charge in [-0.3, -0.25) is 14.8 Å². The highest BCUT2D eigenvalue weighted by Crippen LogP contribution is 2.27. The molecule has 1 amide bonds. The second-order valence-corrected chi connectivity index (χ2v) is 7.88. The zero-order valence-corrected chi connectivity index (χ0v) is 17.2. The Balaban J connectivity index is 1.64. The Morgan fingerprint density at radius 2 is 1.77 bits per heavy atom. The average molecular weight is 397 g/mol. The van der Waals surface area contributed by atoms with Gasteiger partial charge in [0.05, 0.1) is 16.8 Å². The lowest BCUT2D eigenvalue weighted by atomic mass is 9.96. The molecule has 2 aromatic carbocycles. The van der Waals surface area contributed by atoms with Crippen LogP contribution in [0.25, 0.3) is 22.0 Å². The highest BCUT2D eigenvalue weighted by molar-refractivity contribution is 6.09. The zero-order chi connectivity index (χ0) is 21.3. The van der Waals surface area contributed by atoms with Crippen LogP contribution in [0.3, 0.4) is 0 Å². The van der Waals surface area contributed by atoms with Crippen LogP contribution in [0.2, 0.25) is 0 Å². The van der Waals surface area contributed by atoms with Gasteiger partial charge in [-0.15, -0.1) is 0 Å². The SMILES string of the molecule is Cc1ccc2c(NC(=O)c3cccc(-c4cncc(C(C)(C)O)c4)c3)cccc2n1. The van der Waals surface area contributed by atoms with Crippen LogP contribution in [0.5, 0.6) is 0 Å². The molecule has 2 N–H and O–H groups in total. The number of carbonyl (C=O) groups excluding carboxylic acids is 1. The molecule has 4 aromatic rings. The van der Waals surface area contributed by atoms with E-state index >= 15 is 0 Å². The summed E-state index contributed by atoms with van der Waals surface area (Å²) >= 11 is 0. The van der Waals surface area contributed by atoms with E-state index in [1.54, 1.807) is 32.3 Å². The van der Waals surface area contributed by atoms with Gasteiger partial charge in [-0.1, -0.05) is 18.2 Å². The number of rotatable bonds is 4. The van der Waals surface area contributed by atoms with Crippen molar-refractivity contribution in [2.45, 2.75) is 26.4 Å². The Hall–Kier alpha value is -3.57. The van der Waals surface area contributed by atoms with Gasteiger partial charge in [0.1, 0.15) is 0 Å². The topological polar surface area (TPSA) is 75.1 Å². The number of pyridine rings is 2. The van der Waals surface area contributed by atoms with Gasteiger partial charge in [-0.25, -0.2) is 0 Å². The summed E-state index contributed by atoms with van der Waals surface area (Å²) < 4.78 is 0. The van der Waals surface area contributed by atoms with Gasteiger partial charge in [0.25, 0.3) is 5.91 Å². The number of amides is 1. The van der Waals surface area contributed by atoms with E-state index in [1.165, 1.54) is 0 Å². The minimum absolute atomic E-state index is 0.198. The second-order valence-electron chi connectivity index (χ2n) is 7.88. The Labute approximate surface area is 175 Å². The maximum absolute atomic E-state index is 12.9. The number of benzene rings is 2. The standard InChI is InChI=1S/C25H23N3O2/c1-16-10-11-21-22(27-16)8-5-9-23(21)28-24(29)18-7-4-6-17(12-18)19-13-20(15-26-14-19)25(2,3)30/h4-15,30H,1-3H3,(H,28,29). The molecule has 150 valence electrons. The van der Waals surface area contributed by atoms with Gasteiger partial charge in [-0.2, -0.15) is 0 Å². The van der Waals surface area contributed by atoms with E-state index < -0.39 is 5.60 Å². The van der Waals surface area contributed by atoms with E-state index in [0.717, 1.165) is 33.4 Å². The van der Waals surface area contributed by atoms with Crippen LogP contribution in [0.15, 0.2) is 73.1 Å². The molecule has 5 heteroatoms. The van der Waals surface area contributed by atoms with E-state index in [4.69, 9.17) is 0 Å². The molecular weight excluding hydrogens is 374 g/mol. The van der Waals surface area contributed by atoms with Gasteiger partial charge in [0.15, 0.2) is 0 Å². The molecule has 0 aliphatic heterocycles. The summed E-state index contributed by atoms with van der Waals surface area (Å²) in [7, 11) is 0. The molecule has 0 spiro atoms. The van der Waals surface area contributed by atoms with Crippen LogP contribution in [0, 0.1) is 6.92 Å². The number of hydrogen-bond acceptors (Lipinski definition) is 4. The number of nitrogens with one attached hydrogen (secondary N) is 1. The molecule has 0 bridgehead atoms. The fraction of sp³-hybridized carbons (Fsp3) is 0.160. The quantitative estimate of drug-likeness (QED) is 0.503. The van der Waals surface area contributed by atoms with E-state index in [-0.39, 0.29) is 5.91 Å². The smallest absolute Gasteiger partial charge is 0.255 e. The molecule has 5 nitrogen and oxygen atoms in total. The molecule has 0 radical (unpaired) electrons. The molecule has 0 fully saturated rings. The third-order valence-electron chi connectivity index (χ3n) is 5.02. The molecule has 2 aromatic heterocycles. The molecular formula is C25H23N3O2. The number of aromatic nitrogens is 2. The van der Waals surface area contributed by atoms with E-state index in [0.29, 0.717) is 11.1 Å². The van der Waals surface area contributed by atoms with Crippen molar-refractivity contribution in [3.63, 3.8) is 0 Å². The van der Waals surface area contributed by atoms with Crippen molar-refractivity contribution in [1.82, 2.24) is 9.97 Å². The van der Waals surface area contributed by atoms with Gasteiger partial charge in [-0.05, 0) is 68.8 Å². The lowest BCUT2D eigenvalue weighted by Gasteiger charge is -2.18. The van der Waals surface area contributed by atoms with Crippen LogP contribution < -0.4 is 5.32 Å². The van der Waals surface area contributed by atoms with Gasteiger partial charge >= 0.3 is 0 Å². The number of carbonyl (C=O) groups is 1. The van der Waals surface area contributed by atoms with Crippen molar-refractivity contribution in [2.75, 3.05) is 5.32 Å². The summed E-state index contributed by atoms with van der Waals surface area (Å²) in [5.74, 6) is -0.198. The van der Waals surface area contributed by atoms with E-state index in [1.807, 2.05) is 61.5 Å². The molecule has 0 aliphatic rings. The summed E-state index contributed by atoms with van der Waals surface area (Å²) in [5.41, 5.74) is 4.47. The first-order valence-corrected chi connectivity index (χ1v) is 9.77. The molecule has 0 unspecified atom stereocenters. The number of aliphatic hydroxyl groups is 1. The fourth-order valence-electron chi connectivity index (χ4n) is 3.33. The first-order valence-electron chi connectivity index (χ1n) is 9.77. The van der Waals surface area contributed by atoms with Crippen LogP contribution in [0.1, 0.15) is 35.5 Å². The summed E-state index contributed by atoms with van der Waals surface area (Å²) in [4.78, 5) is 21.7. The van der Waals surface area contributed by atoms with Gasteiger partial charge < -0.3 is 10.4 Å². The summed E-state index contributed by atoms with van der Waals surface area (Å²) in [6, 6.07) is 18.9. The number of hydrogen-bond donors (Lipinski definition) is 2. The van der Waals surface area contributed by atoms with Crippen molar-refractivity contribution < 1.29 is 9.90 Å². The predicted octanol–water partition coefficient (Wildman–Crippen LogP) is 5.08. The highest BCUT2D eigenvalue weighted by atomic mass is 16.3. The monoisotopic (exact) mass is 397 g/mol. The largest absolute Gasteiger partial charge is 0.386 e. The Morgan fingerprint density at radius 3 is 2.57 bits per heavy atom. The Kier molecular flexibility index (Phi) is 5.06. The highest BCUT2D eigenvalue weighted by Gasteiger charge is 2.17. The zero-order valence-electron chi connectivity index (χ0n) is 17.2. The third kappa shape index (κ3) is 4.07. The Morgan fingerprint density at radius 1 is 0.967 bits per heavy atom. The molecule has 2 heterocycles. The maximum atomic E-state index is 12.9. The van der Waals surface area contributed by atoms with Crippen molar-refractivity contribution in [3.05, 3.63) is 89.9 Å². The van der Waals surface area contributed by atoms with Gasteiger partial charge in [0.2, 0.25) is 0 Å². The van der Waals surface area contributed by atoms with Crippen molar-refractivity contribution in [2.24, 2.45) is 0 Å². The molecule has 0 atom stereocenters.